The summed E-state index contributed by atoms with van der Waals surface area (Å²) in [5.41, 5.74) is 2.37. The molecule has 2 aromatic rings. The zero-order valence-corrected chi connectivity index (χ0v) is 11.2. The Bertz CT molecular complexity index is 544. The number of rotatable bonds is 4. The van der Waals surface area contributed by atoms with Crippen LogP contribution in [0.2, 0.25) is 0 Å². The van der Waals surface area contributed by atoms with Crippen LogP contribution in [0.25, 0.3) is 11.0 Å². The fourth-order valence-corrected chi connectivity index (χ4v) is 3.05. The van der Waals surface area contributed by atoms with Gasteiger partial charge in [0, 0.05) is 13.5 Å². The highest BCUT2D eigenvalue weighted by Crippen LogP contribution is 2.36. The first-order valence-electron chi connectivity index (χ1n) is 6.84. The van der Waals surface area contributed by atoms with Gasteiger partial charge in [-0.15, -0.1) is 0 Å². The van der Waals surface area contributed by atoms with E-state index in [1.54, 1.807) is 0 Å². The Morgan fingerprint density at radius 1 is 1.28 bits per heavy atom. The van der Waals surface area contributed by atoms with Gasteiger partial charge in [-0.25, -0.2) is 4.98 Å². The molecule has 0 bridgehead atoms. The lowest BCUT2D eigenvalue weighted by molar-refractivity contribution is 0.170. The maximum atomic E-state index is 4.77. The van der Waals surface area contributed by atoms with E-state index in [1.807, 2.05) is 7.05 Å². The van der Waals surface area contributed by atoms with Gasteiger partial charge in [0.2, 0.25) is 0 Å². The molecule has 1 heterocycles. The van der Waals surface area contributed by atoms with Gasteiger partial charge in [-0.2, -0.15) is 0 Å². The molecule has 1 fully saturated rings. The fourth-order valence-electron chi connectivity index (χ4n) is 3.05. The van der Waals surface area contributed by atoms with Crippen molar-refractivity contribution in [1.82, 2.24) is 14.9 Å². The molecular formula is C15H21N3. The van der Waals surface area contributed by atoms with Gasteiger partial charge in [-0.3, -0.25) is 0 Å². The Balaban J connectivity index is 1.80. The number of para-hydroxylation sites is 2. The first-order chi connectivity index (χ1) is 8.79. The highest BCUT2D eigenvalue weighted by atomic mass is 15.1. The summed E-state index contributed by atoms with van der Waals surface area (Å²) in [6, 6.07) is 8.40. The second kappa shape index (κ2) is 4.73. The molecule has 18 heavy (non-hydrogen) atoms. The average Bonchev–Trinajstić information content (AvgIpc) is 2.69. The zero-order chi connectivity index (χ0) is 12.5. The highest BCUT2D eigenvalue weighted by Gasteiger charge is 2.31. The first-order valence-corrected chi connectivity index (χ1v) is 6.84. The summed E-state index contributed by atoms with van der Waals surface area (Å²) in [5, 5.41) is 3.30. The molecule has 3 heteroatoms. The van der Waals surface area contributed by atoms with Crippen LogP contribution in [0.3, 0.4) is 0 Å². The topological polar surface area (TPSA) is 29.9 Å². The minimum atomic E-state index is 0.813. The molecule has 0 radical (unpaired) electrons. The summed E-state index contributed by atoms with van der Waals surface area (Å²) in [4.78, 5) is 4.77. The van der Waals surface area contributed by atoms with Crippen molar-refractivity contribution < 1.29 is 0 Å². The maximum absolute atomic E-state index is 4.77. The monoisotopic (exact) mass is 243 g/mol. The van der Waals surface area contributed by atoms with E-state index < -0.39 is 0 Å². The van der Waals surface area contributed by atoms with E-state index in [4.69, 9.17) is 4.98 Å². The van der Waals surface area contributed by atoms with Gasteiger partial charge >= 0.3 is 0 Å². The van der Waals surface area contributed by atoms with Gasteiger partial charge in [0.05, 0.1) is 11.0 Å². The van der Waals surface area contributed by atoms with Crippen LogP contribution in [0.1, 0.15) is 18.7 Å². The molecule has 96 valence electrons. The molecule has 1 saturated carbocycles. The van der Waals surface area contributed by atoms with Crippen LogP contribution in [0.5, 0.6) is 0 Å². The molecule has 1 aromatic carbocycles. The lowest BCUT2D eigenvalue weighted by Crippen LogP contribution is -2.35. The molecule has 1 aromatic heterocycles. The number of imidazole rings is 1. The molecule has 1 aliphatic rings. The van der Waals surface area contributed by atoms with E-state index in [0.717, 1.165) is 30.3 Å². The van der Waals surface area contributed by atoms with Crippen LogP contribution in [-0.2, 0) is 13.5 Å². The molecule has 3 rings (SSSR count). The Labute approximate surface area is 108 Å². The average molecular weight is 243 g/mol. The number of fused-ring (bicyclic) bond motifs is 1. The molecule has 1 aliphatic carbocycles. The van der Waals surface area contributed by atoms with E-state index in [0.29, 0.717) is 0 Å². The van der Waals surface area contributed by atoms with Crippen molar-refractivity contribution in [1.29, 1.82) is 0 Å². The number of aryl methyl sites for hydroxylation is 1. The van der Waals surface area contributed by atoms with Crippen molar-refractivity contribution in [3.05, 3.63) is 30.1 Å². The summed E-state index contributed by atoms with van der Waals surface area (Å²) in [6.45, 7) is 1.15. The van der Waals surface area contributed by atoms with Gasteiger partial charge in [-0.1, -0.05) is 12.1 Å². The molecule has 0 saturated heterocycles. The molecule has 0 amide bonds. The molecule has 1 N–H and O–H groups in total. The Kier molecular flexibility index (Phi) is 3.08. The van der Waals surface area contributed by atoms with Gasteiger partial charge in [-0.05, 0) is 50.4 Å². The minimum Gasteiger partial charge on any atom is -0.331 e. The lowest BCUT2D eigenvalue weighted by atomic mass is 9.72. The Hall–Kier alpha value is -1.35. The smallest absolute Gasteiger partial charge is 0.109 e. The standard InChI is InChI=1S/C15H21N3/c1-16-10-12-8-7-11(12)9-15-17-13-5-3-4-6-14(13)18(15)2/h3-6,11-12,16H,7-10H2,1-2H3. The number of nitrogens with zero attached hydrogens (tertiary/aromatic N) is 2. The second-order valence-corrected chi connectivity index (χ2v) is 5.44. The summed E-state index contributed by atoms with van der Waals surface area (Å²) < 4.78 is 2.25. The van der Waals surface area contributed by atoms with Gasteiger partial charge in [0.15, 0.2) is 0 Å². The predicted octanol–water partition coefficient (Wildman–Crippen LogP) is 2.36. The van der Waals surface area contributed by atoms with Crippen molar-refractivity contribution in [3.63, 3.8) is 0 Å². The third-order valence-electron chi connectivity index (χ3n) is 4.37. The number of nitrogens with one attached hydrogen (secondary N) is 1. The van der Waals surface area contributed by atoms with Crippen molar-refractivity contribution in [2.45, 2.75) is 19.3 Å². The molecule has 3 nitrogen and oxygen atoms in total. The number of aromatic nitrogens is 2. The van der Waals surface area contributed by atoms with Crippen LogP contribution in [-0.4, -0.2) is 23.1 Å². The molecule has 0 aliphatic heterocycles. The highest BCUT2D eigenvalue weighted by molar-refractivity contribution is 5.75. The van der Waals surface area contributed by atoms with Crippen LogP contribution in [0.15, 0.2) is 24.3 Å². The Morgan fingerprint density at radius 3 is 2.72 bits per heavy atom. The van der Waals surface area contributed by atoms with Crippen LogP contribution in [0.4, 0.5) is 0 Å². The molecular weight excluding hydrogens is 222 g/mol. The van der Waals surface area contributed by atoms with Gasteiger partial charge < -0.3 is 9.88 Å². The van der Waals surface area contributed by atoms with E-state index in [-0.39, 0.29) is 0 Å². The summed E-state index contributed by atoms with van der Waals surface area (Å²) in [6.07, 6.45) is 3.85. The summed E-state index contributed by atoms with van der Waals surface area (Å²) in [7, 11) is 4.18. The fraction of sp³-hybridized carbons (Fsp3) is 0.533. The van der Waals surface area contributed by atoms with E-state index >= 15 is 0 Å². The zero-order valence-electron chi connectivity index (χ0n) is 11.2. The molecule has 0 spiro atoms. The van der Waals surface area contributed by atoms with Crippen molar-refractivity contribution in [3.8, 4) is 0 Å². The van der Waals surface area contributed by atoms with Crippen molar-refractivity contribution in [2.24, 2.45) is 18.9 Å². The second-order valence-electron chi connectivity index (χ2n) is 5.44. The maximum Gasteiger partial charge on any atom is 0.109 e. The largest absolute Gasteiger partial charge is 0.331 e. The minimum absolute atomic E-state index is 0.813. The van der Waals surface area contributed by atoms with E-state index in [1.165, 1.54) is 24.2 Å². The molecule has 2 unspecified atom stereocenters. The van der Waals surface area contributed by atoms with Crippen molar-refractivity contribution >= 4 is 11.0 Å². The lowest BCUT2D eigenvalue weighted by Gasteiger charge is -2.36. The van der Waals surface area contributed by atoms with Crippen LogP contribution >= 0.6 is 0 Å². The van der Waals surface area contributed by atoms with Crippen molar-refractivity contribution in [2.75, 3.05) is 13.6 Å². The summed E-state index contributed by atoms with van der Waals surface area (Å²) >= 11 is 0. The SMILES string of the molecule is CNCC1CCC1Cc1nc2ccccc2n1C. The Morgan fingerprint density at radius 2 is 2.06 bits per heavy atom. The normalized spacial score (nSPS) is 23.2. The predicted molar refractivity (Wildman–Crippen MR) is 74.6 cm³/mol. The van der Waals surface area contributed by atoms with Gasteiger partial charge in [0.25, 0.3) is 0 Å². The van der Waals surface area contributed by atoms with Gasteiger partial charge in [0.1, 0.15) is 5.82 Å². The summed E-state index contributed by atoms with van der Waals surface area (Å²) in [5.74, 6) is 2.89. The van der Waals surface area contributed by atoms with E-state index in [2.05, 4.69) is 41.2 Å². The number of hydrogen-bond acceptors (Lipinski definition) is 2. The van der Waals surface area contributed by atoms with Crippen LogP contribution < -0.4 is 5.32 Å². The number of hydrogen-bond donors (Lipinski definition) is 1. The number of benzene rings is 1. The third-order valence-corrected chi connectivity index (χ3v) is 4.37. The quantitative estimate of drug-likeness (QED) is 0.893. The first kappa shape index (κ1) is 11.7. The van der Waals surface area contributed by atoms with Crippen LogP contribution in [0, 0.1) is 11.8 Å². The molecule has 2 atom stereocenters. The van der Waals surface area contributed by atoms with E-state index in [9.17, 15) is 0 Å². The third kappa shape index (κ3) is 1.93.